The van der Waals surface area contributed by atoms with Crippen molar-refractivity contribution in [3.05, 3.63) is 90.0 Å². The second kappa shape index (κ2) is 11.3. The normalized spacial score (nSPS) is 11.0. The maximum atomic E-state index is 12.8. The van der Waals surface area contributed by atoms with E-state index in [2.05, 4.69) is 10.0 Å². The number of carbonyl (C=O) groups excluding carboxylic acids is 1. The van der Waals surface area contributed by atoms with Crippen LogP contribution in [0.25, 0.3) is 0 Å². The van der Waals surface area contributed by atoms with Gasteiger partial charge in [-0.25, -0.2) is 8.42 Å². The van der Waals surface area contributed by atoms with Gasteiger partial charge in [-0.05, 0) is 48.4 Å². The second-order valence-corrected chi connectivity index (χ2v) is 8.64. The lowest BCUT2D eigenvalue weighted by molar-refractivity contribution is 0.0955. The Labute approximate surface area is 188 Å². The molecule has 0 saturated heterocycles. The first-order chi connectivity index (χ1) is 15.5. The number of hydrogen-bond acceptors (Lipinski definition) is 5. The molecule has 168 valence electrons. The summed E-state index contributed by atoms with van der Waals surface area (Å²) in [4.78, 5) is 12.7. The molecule has 3 rings (SSSR count). The Morgan fingerprint density at radius 3 is 2.28 bits per heavy atom. The zero-order valence-electron chi connectivity index (χ0n) is 17.8. The Morgan fingerprint density at radius 1 is 0.875 bits per heavy atom. The van der Waals surface area contributed by atoms with Gasteiger partial charge in [-0.3, -0.25) is 9.52 Å². The standard InChI is InChI=1S/C24H26N2O5S/c1-30-17-18-31-20-11-13-21(14-12-20)32(28,29)26-23-10-6-5-9-22(23)24(27)25-16-15-19-7-3-2-4-8-19/h2-14,26H,15-18H2,1H3,(H,25,27). The van der Waals surface area contributed by atoms with Crippen molar-refractivity contribution >= 4 is 21.6 Å². The molecule has 3 aromatic carbocycles. The molecule has 8 heteroatoms. The third-order valence-electron chi connectivity index (χ3n) is 4.65. The summed E-state index contributed by atoms with van der Waals surface area (Å²) in [6.45, 7) is 1.24. The van der Waals surface area contributed by atoms with Gasteiger partial charge in [0.15, 0.2) is 0 Å². The molecule has 3 aromatic rings. The summed E-state index contributed by atoms with van der Waals surface area (Å²) >= 11 is 0. The lowest BCUT2D eigenvalue weighted by atomic mass is 10.1. The smallest absolute Gasteiger partial charge is 0.261 e. The summed E-state index contributed by atoms with van der Waals surface area (Å²) in [7, 11) is -2.31. The van der Waals surface area contributed by atoms with E-state index in [-0.39, 0.29) is 22.1 Å². The molecular formula is C24H26N2O5S. The van der Waals surface area contributed by atoms with Gasteiger partial charge in [0.25, 0.3) is 15.9 Å². The molecular weight excluding hydrogens is 428 g/mol. The molecule has 0 aliphatic rings. The largest absolute Gasteiger partial charge is 0.491 e. The van der Waals surface area contributed by atoms with E-state index >= 15 is 0 Å². The van der Waals surface area contributed by atoms with Crippen molar-refractivity contribution in [3.8, 4) is 5.75 Å². The summed E-state index contributed by atoms with van der Waals surface area (Å²) in [6, 6.07) is 22.4. The number of anilines is 1. The van der Waals surface area contributed by atoms with Crippen molar-refractivity contribution in [1.29, 1.82) is 0 Å². The Bertz CT molecular complexity index is 1120. The van der Waals surface area contributed by atoms with Crippen molar-refractivity contribution in [2.24, 2.45) is 0 Å². The van der Waals surface area contributed by atoms with Gasteiger partial charge < -0.3 is 14.8 Å². The van der Waals surface area contributed by atoms with E-state index in [1.807, 2.05) is 30.3 Å². The summed E-state index contributed by atoms with van der Waals surface area (Å²) in [5, 5.41) is 2.84. The number of amides is 1. The first kappa shape index (κ1) is 23.3. The molecule has 0 fully saturated rings. The lowest BCUT2D eigenvalue weighted by Crippen LogP contribution is -2.27. The van der Waals surface area contributed by atoms with Gasteiger partial charge in [0.2, 0.25) is 0 Å². The van der Waals surface area contributed by atoms with Crippen LogP contribution >= 0.6 is 0 Å². The first-order valence-electron chi connectivity index (χ1n) is 10.2. The molecule has 0 radical (unpaired) electrons. The molecule has 0 aliphatic carbocycles. The Hall–Kier alpha value is -3.36. The first-order valence-corrected chi connectivity index (χ1v) is 11.6. The highest BCUT2D eigenvalue weighted by atomic mass is 32.2. The Morgan fingerprint density at radius 2 is 1.56 bits per heavy atom. The molecule has 0 unspecified atom stereocenters. The number of methoxy groups -OCH3 is 1. The zero-order valence-corrected chi connectivity index (χ0v) is 18.6. The van der Waals surface area contributed by atoms with Crippen LogP contribution in [0.15, 0.2) is 83.8 Å². The van der Waals surface area contributed by atoms with Crippen LogP contribution in [-0.4, -0.2) is 41.2 Å². The van der Waals surface area contributed by atoms with E-state index in [1.165, 1.54) is 12.1 Å². The summed E-state index contributed by atoms with van der Waals surface area (Å²) < 4.78 is 38.6. The van der Waals surface area contributed by atoms with Gasteiger partial charge in [-0.2, -0.15) is 0 Å². The molecule has 7 nitrogen and oxygen atoms in total. The minimum atomic E-state index is -3.89. The fourth-order valence-electron chi connectivity index (χ4n) is 2.99. The van der Waals surface area contributed by atoms with Gasteiger partial charge in [-0.1, -0.05) is 42.5 Å². The molecule has 0 heterocycles. The monoisotopic (exact) mass is 454 g/mol. The van der Waals surface area contributed by atoms with Crippen molar-refractivity contribution in [2.45, 2.75) is 11.3 Å². The van der Waals surface area contributed by atoms with E-state index in [4.69, 9.17) is 9.47 Å². The molecule has 0 saturated carbocycles. The number of nitrogens with one attached hydrogen (secondary N) is 2. The third kappa shape index (κ3) is 6.57. The predicted molar refractivity (Wildman–Crippen MR) is 124 cm³/mol. The van der Waals surface area contributed by atoms with Crippen molar-refractivity contribution in [1.82, 2.24) is 5.32 Å². The number of benzene rings is 3. The topological polar surface area (TPSA) is 93.7 Å². The quantitative estimate of drug-likeness (QED) is 0.433. The number of hydrogen-bond donors (Lipinski definition) is 2. The van der Waals surface area contributed by atoms with Crippen LogP contribution in [0, 0.1) is 0 Å². The predicted octanol–water partition coefficient (Wildman–Crippen LogP) is 3.49. The van der Waals surface area contributed by atoms with Gasteiger partial charge in [0.1, 0.15) is 12.4 Å². The van der Waals surface area contributed by atoms with Crippen LogP contribution in [0.2, 0.25) is 0 Å². The van der Waals surface area contributed by atoms with Gasteiger partial charge >= 0.3 is 0 Å². The van der Waals surface area contributed by atoms with Crippen LogP contribution in [0.4, 0.5) is 5.69 Å². The van der Waals surface area contributed by atoms with Crippen molar-refractivity contribution in [3.63, 3.8) is 0 Å². The number of rotatable bonds is 11. The lowest BCUT2D eigenvalue weighted by Gasteiger charge is -2.13. The highest BCUT2D eigenvalue weighted by Crippen LogP contribution is 2.22. The highest BCUT2D eigenvalue weighted by Gasteiger charge is 2.18. The third-order valence-corrected chi connectivity index (χ3v) is 6.03. The van der Waals surface area contributed by atoms with E-state index in [1.54, 1.807) is 43.5 Å². The van der Waals surface area contributed by atoms with Crippen LogP contribution in [0.5, 0.6) is 5.75 Å². The number of para-hydroxylation sites is 1. The van der Waals surface area contributed by atoms with Crippen LogP contribution in [-0.2, 0) is 21.2 Å². The van der Waals surface area contributed by atoms with Gasteiger partial charge in [0, 0.05) is 13.7 Å². The number of carbonyl (C=O) groups is 1. The van der Waals surface area contributed by atoms with E-state index in [0.29, 0.717) is 31.9 Å². The van der Waals surface area contributed by atoms with Crippen molar-refractivity contribution < 1.29 is 22.7 Å². The van der Waals surface area contributed by atoms with E-state index in [9.17, 15) is 13.2 Å². The fourth-order valence-corrected chi connectivity index (χ4v) is 4.07. The van der Waals surface area contributed by atoms with Gasteiger partial charge in [-0.15, -0.1) is 0 Å². The Balaban J connectivity index is 1.66. The van der Waals surface area contributed by atoms with Crippen LogP contribution < -0.4 is 14.8 Å². The molecule has 0 atom stereocenters. The molecule has 0 aromatic heterocycles. The summed E-state index contributed by atoms with van der Waals surface area (Å²) in [6.07, 6.45) is 0.680. The fraction of sp³-hybridized carbons (Fsp3) is 0.208. The van der Waals surface area contributed by atoms with Crippen molar-refractivity contribution in [2.75, 3.05) is 31.6 Å². The van der Waals surface area contributed by atoms with Gasteiger partial charge in [0.05, 0.1) is 22.8 Å². The summed E-state index contributed by atoms with van der Waals surface area (Å²) in [5.41, 5.74) is 1.57. The molecule has 0 spiro atoms. The maximum absolute atomic E-state index is 12.8. The SMILES string of the molecule is COCCOc1ccc(S(=O)(=O)Nc2ccccc2C(=O)NCCc2ccccc2)cc1. The molecule has 32 heavy (non-hydrogen) atoms. The minimum Gasteiger partial charge on any atom is -0.491 e. The second-order valence-electron chi connectivity index (χ2n) is 6.96. The number of ether oxygens (including phenoxy) is 2. The number of sulfonamides is 1. The molecule has 1 amide bonds. The van der Waals surface area contributed by atoms with Crippen LogP contribution in [0.3, 0.4) is 0 Å². The summed E-state index contributed by atoms with van der Waals surface area (Å²) in [5.74, 6) is 0.195. The minimum absolute atomic E-state index is 0.0656. The molecule has 0 bridgehead atoms. The average Bonchev–Trinajstić information content (AvgIpc) is 2.80. The van der Waals surface area contributed by atoms with Crippen LogP contribution in [0.1, 0.15) is 15.9 Å². The average molecular weight is 455 g/mol. The highest BCUT2D eigenvalue weighted by molar-refractivity contribution is 7.92. The van der Waals surface area contributed by atoms with E-state index < -0.39 is 10.0 Å². The molecule has 2 N–H and O–H groups in total. The molecule has 0 aliphatic heterocycles. The Kier molecular flexibility index (Phi) is 8.24. The maximum Gasteiger partial charge on any atom is 0.261 e. The van der Waals surface area contributed by atoms with E-state index in [0.717, 1.165) is 5.56 Å². The zero-order chi connectivity index (χ0) is 22.8.